The molecular weight excluding hydrogens is 622 g/mol. The van der Waals surface area contributed by atoms with Gasteiger partial charge in [-0.3, -0.25) is 0 Å². The van der Waals surface area contributed by atoms with E-state index in [9.17, 15) is 0 Å². The number of hydrogen-bond acceptors (Lipinski definition) is 5. The summed E-state index contributed by atoms with van der Waals surface area (Å²) in [6, 6.07) is 45.0. The van der Waals surface area contributed by atoms with Crippen molar-refractivity contribution < 1.29 is 8.83 Å². The zero-order chi connectivity index (χ0) is 29.9. The molecule has 0 aliphatic carbocycles. The van der Waals surface area contributed by atoms with Crippen LogP contribution in [0.3, 0.4) is 0 Å². The largest absolute Gasteiger partial charge is 0.456 e. The molecule has 0 amide bonds. The Morgan fingerprint density at radius 1 is 0.356 bits per heavy atom. The van der Waals surface area contributed by atoms with Gasteiger partial charge in [0.15, 0.2) is 17.5 Å². The van der Waals surface area contributed by atoms with Gasteiger partial charge in [-0.1, -0.05) is 101 Å². The van der Waals surface area contributed by atoms with Crippen LogP contribution in [0.1, 0.15) is 0 Å². The summed E-state index contributed by atoms with van der Waals surface area (Å²) < 4.78 is 13.4. The molecule has 0 spiro atoms. The third-order valence-electron chi connectivity index (χ3n) is 8.23. The molecule has 0 atom stereocenters. The Kier molecular flexibility index (Phi) is 5.89. The van der Waals surface area contributed by atoms with Crippen LogP contribution in [0.4, 0.5) is 0 Å². The Morgan fingerprint density at radius 2 is 0.733 bits per heavy atom. The fourth-order valence-corrected chi connectivity index (χ4v) is 6.21. The van der Waals surface area contributed by atoms with E-state index in [1.165, 1.54) is 0 Å². The van der Waals surface area contributed by atoms with Crippen LogP contribution in [0.2, 0.25) is 0 Å². The first kappa shape index (κ1) is 25.9. The van der Waals surface area contributed by atoms with Gasteiger partial charge in [-0.05, 0) is 59.7 Å². The summed E-state index contributed by atoms with van der Waals surface area (Å²) in [4.78, 5) is 14.9. The van der Waals surface area contributed by atoms with Gasteiger partial charge in [0.05, 0.1) is 0 Å². The van der Waals surface area contributed by atoms with E-state index in [4.69, 9.17) is 23.8 Å². The number of furan rings is 2. The average Bonchev–Trinajstić information content (AvgIpc) is 3.66. The maximum absolute atomic E-state index is 6.20. The molecule has 0 aliphatic rings. The molecular formula is C39H22BrN3O2. The van der Waals surface area contributed by atoms with E-state index >= 15 is 0 Å². The topological polar surface area (TPSA) is 65.0 Å². The summed E-state index contributed by atoms with van der Waals surface area (Å²) in [5.74, 6) is 1.73. The molecule has 0 unspecified atom stereocenters. The van der Waals surface area contributed by atoms with Crippen molar-refractivity contribution in [3.63, 3.8) is 0 Å². The van der Waals surface area contributed by atoms with Gasteiger partial charge in [-0.15, -0.1) is 0 Å². The van der Waals surface area contributed by atoms with Crippen LogP contribution in [0, 0.1) is 0 Å². The molecule has 3 aromatic heterocycles. The van der Waals surface area contributed by atoms with Crippen molar-refractivity contribution in [1.82, 2.24) is 15.0 Å². The van der Waals surface area contributed by atoms with Crippen LogP contribution in [-0.4, -0.2) is 15.0 Å². The quantitative estimate of drug-likeness (QED) is 0.191. The van der Waals surface area contributed by atoms with E-state index in [0.29, 0.717) is 17.5 Å². The van der Waals surface area contributed by atoms with E-state index in [2.05, 4.69) is 76.6 Å². The number of rotatable bonds is 4. The highest BCUT2D eigenvalue weighted by molar-refractivity contribution is 9.10. The Bertz CT molecular complexity index is 2420. The second-order valence-corrected chi connectivity index (χ2v) is 11.9. The molecule has 212 valence electrons. The van der Waals surface area contributed by atoms with Gasteiger partial charge in [-0.2, -0.15) is 0 Å². The molecule has 0 saturated heterocycles. The number of hydrogen-bond donors (Lipinski definition) is 0. The number of para-hydroxylation sites is 2. The molecule has 3 heterocycles. The van der Waals surface area contributed by atoms with Crippen LogP contribution in [0.5, 0.6) is 0 Å². The molecule has 0 N–H and O–H groups in total. The van der Waals surface area contributed by atoms with Crippen LogP contribution >= 0.6 is 15.9 Å². The third kappa shape index (κ3) is 4.50. The summed E-state index contributed by atoms with van der Waals surface area (Å²) in [5.41, 5.74) is 8.14. The number of aromatic nitrogens is 3. The minimum atomic E-state index is 0.569. The lowest BCUT2D eigenvalue weighted by atomic mass is 10.0. The standard InChI is InChI=1S/C39H22BrN3O2/c40-28-17-13-24(14-18-28)23-9-11-25(12-10-23)37-41-38(26-15-19-31-29-5-1-3-7-33(29)44-35(31)21-26)43-39(42-37)27-16-20-32-30-6-2-4-8-34(30)45-36(32)22-27/h1-22H. The van der Waals surface area contributed by atoms with Gasteiger partial charge in [0.1, 0.15) is 22.3 Å². The van der Waals surface area contributed by atoms with Crippen LogP contribution in [0.15, 0.2) is 147 Å². The lowest BCUT2D eigenvalue weighted by molar-refractivity contribution is 0.668. The van der Waals surface area contributed by atoms with Crippen molar-refractivity contribution >= 4 is 59.8 Å². The molecule has 9 rings (SSSR count). The minimum Gasteiger partial charge on any atom is -0.456 e. The first-order valence-corrected chi connectivity index (χ1v) is 15.4. The number of halogens is 1. The lowest BCUT2D eigenvalue weighted by Gasteiger charge is -2.09. The summed E-state index contributed by atoms with van der Waals surface area (Å²) in [7, 11) is 0. The Balaban J connectivity index is 1.20. The van der Waals surface area contributed by atoms with Crippen molar-refractivity contribution in [2.75, 3.05) is 0 Å². The second-order valence-electron chi connectivity index (χ2n) is 11.0. The fourth-order valence-electron chi connectivity index (χ4n) is 5.95. The predicted octanol–water partition coefficient (Wildman–Crippen LogP) is 11.1. The first-order chi connectivity index (χ1) is 22.2. The van der Waals surface area contributed by atoms with Gasteiger partial charge in [0.25, 0.3) is 0 Å². The van der Waals surface area contributed by atoms with Gasteiger partial charge < -0.3 is 8.83 Å². The zero-order valence-electron chi connectivity index (χ0n) is 23.7. The molecule has 5 nitrogen and oxygen atoms in total. The smallest absolute Gasteiger partial charge is 0.164 e. The van der Waals surface area contributed by atoms with E-state index in [1.54, 1.807) is 0 Å². The highest BCUT2D eigenvalue weighted by Gasteiger charge is 2.16. The second kappa shape index (κ2) is 10.3. The maximum atomic E-state index is 6.20. The molecule has 0 saturated carbocycles. The number of nitrogens with zero attached hydrogens (tertiary/aromatic N) is 3. The van der Waals surface area contributed by atoms with Gasteiger partial charge in [0, 0.05) is 42.7 Å². The highest BCUT2D eigenvalue weighted by Crippen LogP contribution is 2.35. The summed E-state index contributed by atoms with van der Waals surface area (Å²) in [5, 5.41) is 4.28. The average molecular weight is 645 g/mol. The molecule has 6 heteroatoms. The molecule has 45 heavy (non-hydrogen) atoms. The monoisotopic (exact) mass is 643 g/mol. The molecule has 0 radical (unpaired) electrons. The predicted molar refractivity (Wildman–Crippen MR) is 184 cm³/mol. The van der Waals surface area contributed by atoms with E-state index < -0.39 is 0 Å². The first-order valence-electron chi connectivity index (χ1n) is 14.6. The van der Waals surface area contributed by atoms with Crippen molar-refractivity contribution in [3.05, 3.63) is 138 Å². The van der Waals surface area contributed by atoms with Crippen LogP contribution in [0.25, 0.3) is 89.2 Å². The van der Waals surface area contributed by atoms with Crippen molar-refractivity contribution in [2.45, 2.75) is 0 Å². The summed E-state index contributed by atoms with van der Waals surface area (Å²) in [6.45, 7) is 0. The third-order valence-corrected chi connectivity index (χ3v) is 8.76. The fraction of sp³-hybridized carbons (Fsp3) is 0. The lowest BCUT2D eigenvalue weighted by Crippen LogP contribution is -2.00. The molecule has 9 aromatic rings. The summed E-state index contributed by atoms with van der Waals surface area (Å²) >= 11 is 3.52. The van der Waals surface area contributed by atoms with E-state index in [0.717, 1.165) is 76.2 Å². The van der Waals surface area contributed by atoms with Gasteiger partial charge in [0.2, 0.25) is 0 Å². The van der Waals surface area contributed by atoms with Crippen molar-refractivity contribution in [3.8, 4) is 45.3 Å². The zero-order valence-corrected chi connectivity index (χ0v) is 25.3. The SMILES string of the molecule is Brc1ccc(-c2ccc(-c3nc(-c4ccc5c(c4)oc4ccccc45)nc(-c4ccc5c(c4)oc4ccccc45)n3)cc2)cc1. The molecule has 0 aliphatic heterocycles. The minimum absolute atomic E-state index is 0.569. The molecule has 0 fully saturated rings. The van der Waals surface area contributed by atoms with Crippen LogP contribution < -0.4 is 0 Å². The van der Waals surface area contributed by atoms with E-state index in [-0.39, 0.29) is 0 Å². The maximum Gasteiger partial charge on any atom is 0.164 e. The Hall–Kier alpha value is -5.59. The Morgan fingerprint density at radius 3 is 1.24 bits per heavy atom. The number of benzene rings is 6. The van der Waals surface area contributed by atoms with Gasteiger partial charge >= 0.3 is 0 Å². The van der Waals surface area contributed by atoms with E-state index in [1.807, 2.05) is 72.8 Å². The number of fused-ring (bicyclic) bond motifs is 6. The van der Waals surface area contributed by atoms with Crippen molar-refractivity contribution in [1.29, 1.82) is 0 Å². The normalized spacial score (nSPS) is 11.7. The molecule has 0 bridgehead atoms. The summed E-state index contributed by atoms with van der Waals surface area (Å²) in [6.07, 6.45) is 0. The van der Waals surface area contributed by atoms with Crippen molar-refractivity contribution in [2.24, 2.45) is 0 Å². The Labute approximate surface area is 266 Å². The van der Waals surface area contributed by atoms with Gasteiger partial charge in [-0.25, -0.2) is 15.0 Å². The molecule has 6 aromatic carbocycles. The highest BCUT2D eigenvalue weighted by atomic mass is 79.9. The van der Waals surface area contributed by atoms with Crippen LogP contribution in [-0.2, 0) is 0 Å².